The molecule has 126 valence electrons. The van der Waals surface area contributed by atoms with Crippen molar-refractivity contribution >= 4 is 22.6 Å². The molecule has 5 nitrogen and oxygen atoms in total. The molecule has 26 heavy (non-hydrogen) atoms. The monoisotopic (exact) mass is 340 g/mol. The van der Waals surface area contributed by atoms with Crippen molar-refractivity contribution in [1.29, 1.82) is 0 Å². The number of fused-ring (bicyclic) bond motifs is 1. The van der Waals surface area contributed by atoms with Gasteiger partial charge in [0.1, 0.15) is 12.1 Å². The highest BCUT2D eigenvalue weighted by Crippen LogP contribution is 2.29. The summed E-state index contributed by atoms with van der Waals surface area (Å²) in [5, 5.41) is 3.78. The average molecular weight is 340 g/mol. The molecule has 0 saturated carbocycles. The van der Waals surface area contributed by atoms with Crippen LogP contribution in [0.25, 0.3) is 22.0 Å². The molecular weight excluding hydrogens is 324 g/mol. The molecule has 1 N–H and O–H groups in total. The van der Waals surface area contributed by atoms with Crippen LogP contribution in [0.4, 0.5) is 5.82 Å². The molecule has 0 aliphatic carbocycles. The molecule has 0 fully saturated rings. The van der Waals surface area contributed by atoms with Crippen molar-refractivity contribution in [3.05, 3.63) is 84.4 Å². The second kappa shape index (κ2) is 6.72. The van der Waals surface area contributed by atoms with Crippen LogP contribution in [0.1, 0.15) is 15.9 Å². The summed E-state index contributed by atoms with van der Waals surface area (Å²) in [4.78, 5) is 25.0. The Labute approximate surface area is 150 Å². The molecule has 0 radical (unpaired) electrons. The molecule has 0 aliphatic heterocycles. The van der Waals surface area contributed by atoms with Crippen LogP contribution in [0.3, 0.4) is 0 Å². The van der Waals surface area contributed by atoms with E-state index in [4.69, 9.17) is 0 Å². The molecule has 2 heterocycles. The molecule has 2 aromatic carbocycles. The average Bonchev–Trinajstić information content (AvgIpc) is 2.69. The molecular formula is C21H16N4O. The van der Waals surface area contributed by atoms with Gasteiger partial charge >= 0.3 is 0 Å². The van der Waals surface area contributed by atoms with E-state index >= 15 is 0 Å². The maximum absolute atomic E-state index is 12.3. The van der Waals surface area contributed by atoms with E-state index in [1.807, 2.05) is 49.5 Å². The molecule has 0 bridgehead atoms. The summed E-state index contributed by atoms with van der Waals surface area (Å²) >= 11 is 0. The van der Waals surface area contributed by atoms with Crippen LogP contribution in [0.5, 0.6) is 0 Å². The van der Waals surface area contributed by atoms with Crippen molar-refractivity contribution in [3.63, 3.8) is 0 Å². The number of hydrogen-bond donors (Lipinski definition) is 1. The van der Waals surface area contributed by atoms with Gasteiger partial charge in [-0.25, -0.2) is 15.0 Å². The van der Waals surface area contributed by atoms with Gasteiger partial charge in [0.15, 0.2) is 0 Å². The molecule has 4 aromatic rings. The topological polar surface area (TPSA) is 67.8 Å². The van der Waals surface area contributed by atoms with Crippen LogP contribution < -0.4 is 5.32 Å². The largest absolute Gasteiger partial charge is 0.307 e. The van der Waals surface area contributed by atoms with Crippen molar-refractivity contribution < 1.29 is 4.79 Å². The fraction of sp³-hybridized carbons (Fsp3) is 0.0476. The third kappa shape index (κ3) is 3.02. The minimum Gasteiger partial charge on any atom is -0.307 e. The van der Waals surface area contributed by atoms with Crippen molar-refractivity contribution in [2.45, 2.75) is 6.92 Å². The number of pyridine rings is 1. The first-order valence-electron chi connectivity index (χ1n) is 8.24. The molecule has 0 saturated heterocycles. The first-order valence-corrected chi connectivity index (χ1v) is 8.24. The van der Waals surface area contributed by atoms with Gasteiger partial charge in [0, 0.05) is 23.3 Å². The Balaban J connectivity index is 1.65. The lowest BCUT2D eigenvalue weighted by Crippen LogP contribution is -2.12. The Bertz CT molecular complexity index is 1080. The minimum atomic E-state index is -0.188. The van der Waals surface area contributed by atoms with Crippen LogP contribution in [-0.2, 0) is 0 Å². The van der Waals surface area contributed by atoms with Crippen molar-refractivity contribution in [3.8, 4) is 11.1 Å². The van der Waals surface area contributed by atoms with Gasteiger partial charge in [0.05, 0.1) is 5.52 Å². The predicted molar refractivity (Wildman–Crippen MR) is 102 cm³/mol. The summed E-state index contributed by atoms with van der Waals surface area (Å²) in [5.41, 5.74) is 4.68. The lowest BCUT2D eigenvalue weighted by molar-refractivity contribution is 0.102. The highest BCUT2D eigenvalue weighted by atomic mass is 16.1. The number of hydrogen-bond acceptors (Lipinski definition) is 4. The normalized spacial score (nSPS) is 10.7. The lowest BCUT2D eigenvalue weighted by Gasteiger charge is -2.09. The van der Waals surface area contributed by atoms with Crippen LogP contribution in [-0.4, -0.2) is 20.9 Å². The zero-order valence-electron chi connectivity index (χ0n) is 14.2. The van der Waals surface area contributed by atoms with Crippen molar-refractivity contribution in [1.82, 2.24) is 15.0 Å². The third-order valence-corrected chi connectivity index (χ3v) is 4.24. The number of rotatable bonds is 3. The SMILES string of the molecule is Cc1ccc(-c2ccc(C(=O)Nc3ccccn3)cc2)c2cncnc12. The fourth-order valence-electron chi connectivity index (χ4n) is 2.90. The van der Waals surface area contributed by atoms with Gasteiger partial charge in [-0.2, -0.15) is 0 Å². The second-order valence-corrected chi connectivity index (χ2v) is 5.96. The Morgan fingerprint density at radius 1 is 0.962 bits per heavy atom. The number of anilines is 1. The molecule has 0 aliphatic rings. The number of aromatic nitrogens is 3. The Morgan fingerprint density at radius 2 is 1.81 bits per heavy atom. The molecule has 5 heteroatoms. The van der Waals surface area contributed by atoms with Gasteiger partial charge in [-0.1, -0.05) is 30.3 Å². The van der Waals surface area contributed by atoms with E-state index in [9.17, 15) is 4.79 Å². The van der Waals surface area contributed by atoms with Crippen LogP contribution in [0.2, 0.25) is 0 Å². The third-order valence-electron chi connectivity index (χ3n) is 4.24. The highest BCUT2D eigenvalue weighted by molar-refractivity contribution is 6.04. The van der Waals surface area contributed by atoms with Gasteiger partial charge in [-0.3, -0.25) is 4.79 Å². The second-order valence-electron chi connectivity index (χ2n) is 5.96. The molecule has 0 atom stereocenters. The summed E-state index contributed by atoms with van der Waals surface area (Å²) in [6, 6.07) is 17.0. The summed E-state index contributed by atoms with van der Waals surface area (Å²) in [7, 11) is 0. The van der Waals surface area contributed by atoms with E-state index in [1.54, 1.807) is 24.7 Å². The van der Waals surface area contributed by atoms with E-state index in [0.29, 0.717) is 11.4 Å². The summed E-state index contributed by atoms with van der Waals surface area (Å²) in [6.45, 7) is 2.03. The standard InChI is InChI=1S/C21H16N4O/c1-14-5-10-17(18-12-22-13-24-20(14)18)15-6-8-16(9-7-15)21(26)25-19-4-2-3-11-23-19/h2-13H,1H3,(H,23,25,26). The minimum absolute atomic E-state index is 0.188. The fourth-order valence-corrected chi connectivity index (χ4v) is 2.90. The van der Waals surface area contributed by atoms with E-state index in [0.717, 1.165) is 27.6 Å². The van der Waals surface area contributed by atoms with E-state index in [1.165, 1.54) is 0 Å². The zero-order valence-corrected chi connectivity index (χ0v) is 14.2. The first kappa shape index (κ1) is 15.9. The number of carbonyl (C=O) groups excluding carboxylic acids is 1. The molecule has 1 amide bonds. The highest BCUT2D eigenvalue weighted by Gasteiger charge is 2.10. The predicted octanol–water partition coefficient (Wildman–Crippen LogP) is 4.25. The number of carbonyl (C=O) groups is 1. The number of benzene rings is 2. The summed E-state index contributed by atoms with van der Waals surface area (Å²) in [5.74, 6) is 0.343. The number of nitrogens with zero attached hydrogens (tertiary/aromatic N) is 3. The van der Waals surface area contributed by atoms with Crippen LogP contribution in [0.15, 0.2) is 73.3 Å². The van der Waals surface area contributed by atoms with Crippen LogP contribution >= 0.6 is 0 Å². The van der Waals surface area contributed by atoms with Crippen molar-refractivity contribution in [2.24, 2.45) is 0 Å². The van der Waals surface area contributed by atoms with Crippen LogP contribution in [0, 0.1) is 6.92 Å². The Morgan fingerprint density at radius 3 is 2.58 bits per heavy atom. The lowest BCUT2D eigenvalue weighted by atomic mass is 9.98. The zero-order chi connectivity index (χ0) is 17.9. The van der Waals surface area contributed by atoms with Gasteiger partial charge in [0.25, 0.3) is 5.91 Å². The number of amides is 1. The van der Waals surface area contributed by atoms with Crippen molar-refractivity contribution in [2.75, 3.05) is 5.32 Å². The van der Waals surface area contributed by atoms with Gasteiger partial charge < -0.3 is 5.32 Å². The first-order chi connectivity index (χ1) is 12.7. The summed E-state index contributed by atoms with van der Waals surface area (Å²) < 4.78 is 0. The van der Waals surface area contributed by atoms with Gasteiger partial charge in [-0.15, -0.1) is 0 Å². The number of nitrogens with one attached hydrogen (secondary N) is 1. The molecule has 4 rings (SSSR count). The Kier molecular flexibility index (Phi) is 4.11. The summed E-state index contributed by atoms with van der Waals surface area (Å²) in [6.07, 6.45) is 5.03. The quantitative estimate of drug-likeness (QED) is 0.605. The maximum Gasteiger partial charge on any atom is 0.256 e. The molecule has 0 unspecified atom stereocenters. The van der Waals surface area contributed by atoms with Gasteiger partial charge in [0.2, 0.25) is 0 Å². The maximum atomic E-state index is 12.3. The van der Waals surface area contributed by atoms with E-state index in [-0.39, 0.29) is 5.91 Å². The van der Waals surface area contributed by atoms with E-state index < -0.39 is 0 Å². The molecule has 2 aromatic heterocycles. The van der Waals surface area contributed by atoms with E-state index in [2.05, 4.69) is 26.3 Å². The van der Waals surface area contributed by atoms with Gasteiger partial charge in [-0.05, 0) is 47.9 Å². The Hall–Kier alpha value is -3.60. The number of aryl methyl sites for hydroxylation is 1. The molecule has 0 spiro atoms. The smallest absolute Gasteiger partial charge is 0.256 e.